The van der Waals surface area contributed by atoms with E-state index < -0.39 is 29.6 Å². The summed E-state index contributed by atoms with van der Waals surface area (Å²) < 4.78 is 92.0. The van der Waals surface area contributed by atoms with Gasteiger partial charge in [0.25, 0.3) is 0 Å². The van der Waals surface area contributed by atoms with Gasteiger partial charge in [-0.1, -0.05) is 37.6 Å². The maximum Gasteiger partial charge on any atom is 0.573 e. The molecule has 192 valence electrons. The SMILES string of the molecule is CC[C@H]1CC[C@H](c2c(F)cc(C)c(Oc3ccccc3-c3ccc(OC(F)(F)F)c(F)c3)c2F)CC1. The second-order valence-electron chi connectivity index (χ2n) is 9.15. The molecule has 0 aromatic heterocycles. The summed E-state index contributed by atoms with van der Waals surface area (Å²) in [4.78, 5) is 0. The molecule has 0 atom stereocenters. The molecule has 1 aliphatic carbocycles. The maximum absolute atomic E-state index is 15.7. The Morgan fingerprint density at radius 3 is 2.19 bits per heavy atom. The van der Waals surface area contributed by atoms with E-state index >= 15 is 4.39 Å². The molecule has 1 aliphatic rings. The lowest BCUT2D eigenvalue weighted by Gasteiger charge is -2.29. The van der Waals surface area contributed by atoms with Crippen LogP contribution in [0, 0.1) is 30.3 Å². The monoisotopic (exact) mass is 508 g/mol. The third kappa shape index (κ3) is 5.63. The third-order valence-corrected chi connectivity index (χ3v) is 6.79. The largest absolute Gasteiger partial charge is 0.573 e. The molecule has 1 fully saturated rings. The summed E-state index contributed by atoms with van der Waals surface area (Å²) in [5.74, 6) is -3.21. The van der Waals surface area contributed by atoms with Crippen molar-refractivity contribution in [2.45, 2.75) is 58.2 Å². The van der Waals surface area contributed by atoms with E-state index in [-0.39, 0.29) is 34.1 Å². The minimum atomic E-state index is -5.03. The Bertz CT molecular complexity index is 1230. The highest BCUT2D eigenvalue weighted by Crippen LogP contribution is 2.44. The fraction of sp³-hybridized carbons (Fsp3) is 0.357. The molecule has 8 heteroatoms. The highest BCUT2D eigenvalue weighted by Gasteiger charge is 2.33. The van der Waals surface area contributed by atoms with Crippen LogP contribution in [0.15, 0.2) is 48.5 Å². The molecule has 4 rings (SSSR count). The zero-order chi connectivity index (χ0) is 26.0. The van der Waals surface area contributed by atoms with Crippen LogP contribution in [-0.2, 0) is 0 Å². The predicted octanol–water partition coefficient (Wildman–Crippen LogP) is 9.45. The first-order chi connectivity index (χ1) is 17.1. The van der Waals surface area contributed by atoms with Crippen molar-refractivity contribution in [2.75, 3.05) is 0 Å². The van der Waals surface area contributed by atoms with Gasteiger partial charge in [0.2, 0.25) is 0 Å². The number of hydrogen-bond donors (Lipinski definition) is 0. The smallest absolute Gasteiger partial charge is 0.453 e. The first-order valence-electron chi connectivity index (χ1n) is 11.9. The Kier molecular flexibility index (Phi) is 7.52. The first-order valence-corrected chi connectivity index (χ1v) is 11.9. The van der Waals surface area contributed by atoms with Gasteiger partial charge in [-0.25, -0.2) is 13.2 Å². The van der Waals surface area contributed by atoms with Gasteiger partial charge >= 0.3 is 6.36 Å². The standard InChI is InChI=1S/C28H26F6O2/c1-3-17-8-10-18(11-9-17)25-22(30)14-16(2)27(26(25)31)35-23-7-5-4-6-20(23)19-12-13-24(21(29)15-19)36-28(32,33)34/h4-7,12-15,17-18H,3,8-11H2,1-2H3/t17-,18-. The van der Waals surface area contributed by atoms with Crippen molar-refractivity contribution in [3.63, 3.8) is 0 Å². The van der Waals surface area contributed by atoms with Gasteiger partial charge < -0.3 is 9.47 Å². The quantitative estimate of drug-likeness (QED) is 0.309. The fourth-order valence-electron chi connectivity index (χ4n) is 4.87. The fourth-order valence-corrected chi connectivity index (χ4v) is 4.87. The summed E-state index contributed by atoms with van der Waals surface area (Å²) in [7, 11) is 0. The van der Waals surface area contributed by atoms with Gasteiger partial charge in [-0.2, -0.15) is 0 Å². The molecule has 0 unspecified atom stereocenters. The minimum absolute atomic E-state index is 0.0160. The van der Waals surface area contributed by atoms with E-state index in [9.17, 15) is 22.0 Å². The van der Waals surface area contributed by atoms with E-state index in [0.29, 0.717) is 24.3 Å². The summed E-state index contributed by atoms with van der Waals surface area (Å²) >= 11 is 0. The average Bonchev–Trinajstić information content (AvgIpc) is 2.83. The minimum Gasteiger partial charge on any atom is -0.453 e. The lowest BCUT2D eigenvalue weighted by atomic mass is 9.77. The molecule has 0 spiro atoms. The molecule has 0 heterocycles. The van der Waals surface area contributed by atoms with Crippen molar-refractivity contribution in [1.29, 1.82) is 0 Å². The highest BCUT2D eigenvalue weighted by atomic mass is 19.4. The molecule has 2 nitrogen and oxygen atoms in total. The predicted molar refractivity (Wildman–Crippen MR) is 125 cm³/mol. The average molecular weight is 509 g/mol. The number of benzene rings is 3. The van der Waals surface area contributed by atoms with Crippen LogP contribution in [0.3, 0.4) is 0 Å². The summed E-state index contributed by atoms with van der Waals surface area (Å²) in [6.07, 6.45) is -0.789. The molecule has 0 saturated heterocycles. The first kappa shape index (κ1) is 25.9. The lowest BCUT2D eigenvalue weighted by Crippen LogP contribution is -2.17. The molecule has 0 N–H and O–H groups in total. The van der Waals surface area contributed by atoms with Gasteiger partial charge in [0, 0.05) is 11.1 Å². The number of rotatable bonds is 6. The summed E-state index contributed by atoms with van der Waals surface area (Å²) in [5, 5.41) is 0. The number of ether oxygens (including phenoxy) is 2. The van der Waals surface area contributed by atoms with E-state index in [0.717, 1.165) is 31.4 Å². The molecule has 36 heavy (non-hydrogen) atoms. The molecule has 3 aromatic rings. The molecular formula is C28H26F6O2. The second-order valence-corrected chi connectivity index (χ2v) is 9.15. The normalized spacial score (nSPS) is 18.2. The van der Waals surface area contributed by atoms with Gasteiger partial charge in [-0.15, -0.1) is 13.2 Å². The second kappa shape index (κ2) is 10.4. The number of aryl methyl sites for hydroxylation is 1. The topological polar surface area (TPSA) is 18.5 Å². The Hall–Kier alpha value is -3.16. The molecule has 0 aliphatic heterocycles. The van der Waals surface area contributed by atoms with Crippen LogP contribution in [0.25, 0.3) is 11.1 Å². The zero-order valence-electron chi connectivity index (χ0n) is 19.9. The van der Waals surface area contributed by atoms with Gasteiger partial charge in [-0.3, -0.25) is 0 Å². The number of para-hydroxylation sites is 1. The van der Waals surface area contributed by atoms with Crippen LogP contribution in [0.5, 0.6) is 17.2 Å². The summed E-state index contributed by atoms with van der Waals surface area (Å²) in [5.41, 5.74) is 0.798. The molecule has 1 saturated carbocycles. The summed E-state index contributed by atoms with van der Waals surface area (Å²) in [6, 6.07) is 10.6. The Balaban J connectivity index is 1.67. The van der Waals surface area contributed by atoms with Gasteiger partial charge in [0.05, 0.1) is 0 Å². The Morgan fingerprint density at radius 2 is 1.56 bits per heavy atom. The summed E-state index contributed by atoms with van der Waals surface area (Å²) in [6.45, 7) is 3.65. The van der Waals surface area contributed by atoms with Gasteiger partial charge in [0.1, 0.15) is 11.6 Å². The van der Waals surface area contributed by atoms with E-state index in [1.54, 1.807) is 18.2 Å². The number of alkyl halides is 3. The zero-order valence-corrected chi connectivity index (χ0v) is 19.9. The Labute approximate surface area is 205 Å². The van der Waals surface area contributed by atoms with E-state index in [1.165, 1.54) is 25.1 Å². The molecule has 3 aromatic carbocycles. The van der Waals surface area contributed by atoms with Gasteiger partial charge in [0.15, 0.2) is 23.1 Å². The molecule has 0 bridgehead atoms. The Morgan fingerprint density at radius 1 is 0.861 bits per heavy atom. The van der Waals surface area contributed by atoms with Crippen molar-refractivity contribution in [3.05, 3.63) is 77.1 Å². The van der Waals surface area contributed by atoms with Crippen LogP contribution in [0.4, 0.5) is 26.3 Å². The van der Waals surface area contributed by atoms with E-state index in [4.69, 9.17) is 4.74 Å². The van der Waals surface area contributed by atoms with Crippen LogP contribution in [-0.4, -0.2) is 6.36 Å². The van der Waals surface area contributed by atoms with Crippen molar-refractivity contribution in [2.24, 2.45) is 5.92 Å². The van der Waals surface area contributed by atoms with Crippen LogP contribution < -0.4 is 9.47 Å². The van der Waals surface area contributed by atoms with Crippen molar-refractivity contribution < 1.29 is 35.8 Å². The van der Waals surface area contributed by atoms with Crippen molar-refractivity contribution in [1.82, 2.24) is 0 Å². The number of hydrogen-bond acceptors (Lipinski definition) is 2. The van der Waals surface area contributed by atoms with Crippen LogP contribution in [0.1, 0.15) is 56.1 Å². The number of halogens is 6. The lowest BCUT2D eigenvalue weighted by molar-refractivity contribution is -0.275. The molecule has 0 amide bonds. The van der Waals surface area contributed by atoms with Crippen molar-refractivity contribution in [3.8, 4) is 28.4 Å². The van der Waals surface area contributed by atoms with E-state index in [1.807, 2.05) is 0 Å². The van der Waals surface area contributed by atoms with Crippen molar-refractivity contribution >= 4 is 0 Å². The van der Waals surface area contributed by atoms with Gasteiger partial charge in [-0.05, 0) is 79.8 Å². The molecule has 0 radical (unpaired) electrons. The van der Waals surface area contributed by atoms with Crippen LogP contribution in [0.2, 0.25) is 0 Å². The van der Waals surface area contributed by atoms with E-state index in [2.05, 4.69) is 11.7 Å². The maximum atomic E-state index is 15.7. The molecular weight excluding hydrogens is 482 g/mol. The third-order valence-electron chi connectivity index (χ3n) is 6.79. The van der Waals surface area contributed by atoms with Crippen LogP contribution >= 0.6 is 0 Å². The highest BCUT2D eigenvalue weighted by molar-refractivity contribution is 5.71.